The molecule has 2 aliphatic rings. The number of fused-ring (bicyclic) bond motifs is 1. The van der Waals surface area contributed by atoms with E-state index in [1.165, 1.54) is 0 Å². The van der Waals surface area contributed by atoms with Crippen molar-refractivity contribution in [2.45, 2.75) is 44.3 Å². The van der Waals surface area contributed by atoms with Crippen LogP contribution in [0.2, 0.25) is 5.02 Å². The van der Waals surface area contributed by atoms with Crippen molar-refractivity contribution in [1.82, 2.24) is 24.1 Å². The van der Waals surface area contributed by atoms with Gasteiger partial charge in [-0.2, -0.15) is 10.1 Å². The van der Waals surface area contributed by atoms with Crippen LogP contribution in [0.3, 0.4) is 0 Å². The van der Waals surface area contributed by atoms with Crippen LogP contribution in [0.25, 0.3) is 0 Å². The molecule has 1 aliphatic carbocycles. The maximum absolute atomic E-state index is 12.8. The predicted molar refractivity (Wildman–Crippen MR) is 117 cm³/mol. The minimum absolute atomic E-state index is 0.131. The highest BCUT2D eigenvalue weighted by molar-refractivity contribution is 7.90. The van der Waals surface area contributed by atoms with Gasteiger partial charge in [-0.1, -0.05) is 11.6 Å². The fourth-order valence-corrected chi connectivity index (χ4v) is 6.28. The van der Waals surface area contributed by atoms with E-state index in [1.54, 1.807) is 36.0 Å². The summed E-state index contributed by atoms with van der Waals surface area (Å²) in [6.07, 6.45) is 5.17. The first kappa shape index (κ1) is 21.3. The molecule has 11 heteroatoms. The van der Waals surface area contributed by atoms with Gasteiger partial charge in [0.2, 0.25) is 16.0 Å². The molecule has 2 unspecified atom stereocenters. The average molecular weight is 454 g/mol. The van der Waals surface area contributed by atoms with E-state index in [0.717, 1.165) is 24.2 Å². The van der Waals surface area contributed by atoms with Crippen molar-refractivity contribution < 1.29 is 8.42 Å². The van der Waals surface area contributed by atoms with Gasteiger partial charge in [-0.15, -0.1) is 0 Å². The summed E-state index contributed by atoms with van der Waals surface area (Å²) in [5, 5.41) is 7.63. The monoisotopic (exact) mass is 453 g/mol. The van der Waals surface area contributed by atoms with Crippen molar-refractivity contribution >= 4 is 39.1 Å². The molecule has 1 saturated carbocycles. The highest BCUT2D eigenvalue weighted by atomic mass is 35.5. The first-order valence-electron chi connectivity index (χ1n) is 10.0. The Morgan fingerprint density at radius 3 is 2.37 bits per heavy atom. The van der Waals surface area contributed by atoms with Gasteiger partial charge < -0.3 is 11.1 Å². The van der Waals surface area contributed by atoms with E-state index < -0.39 is 14.8 Å². The number of aryl methyl sites for hydroxylation is 1. The van der Waals surface area contributed by atoms with Crippen molar-refractivity contribution in [3.8, 4) is 0 Å². The Hall–Kier alpha value is -1.91. The molecule has 4 rings (SSSR count). The third-order valence-corrected chi connectivity index (χ3v) is 8.99. The number of nitrogens with zero attached hydrogens (tertiary/aromatic N) is 5. The van der Waals surface area contributed by atoms with E-state index in [2.05, 4.69) is 20.4 Å². The Labute approximate surface area is 182 Å². The molecule has 2 atom stereocenters. The second-order valence-electron chi connectivity index (χ2n) is 9.28. The van der Waals surface area contributed by atoms with Gasteiger partial charge in [0.15, 0.2) is 0 Å². The molecule has 0 amide bonds. The van der Waals surface area contributed by atoms with Crippen LogP contribution in [0.1, 0.15) is 45.2 Å². The van der Waals surface area contributed by atoms with E-state index in [-0.39, 0.29) is 11.7 Å². The predicted octanol–water partition coefficient (Wildman–Crippen LogP) is 2.74. The molecular formula is C19H28ClN7O2S. The Morgan fingerprint density at radius 1 is 1.20 bits per heavy atom. The number of sulfonamides is 1. The van der Waals surface area contributed by atoms with E-state index in [9.17, 15) is 8.42 Å². The number of aromatic nitrogens is 4. The van der Waals surface area contributed by atoms with Crippen LogP contribution < -0.4 is 11.1 Å². The summed E-state index contributed by atoms with van der Waals surface area (Å²) in [5.41, 5.74) is 7.55. The second-order valence-corrected chi connectivity index (χ2v) is 12.4. The van der Waals surface area contributed by atoms with E-state index in [0.29, 0.717) is 35.9 Å². The van der Waals surface area contributed by atoms with Crippen LogP contribution in [0, 0.1) is 11.8 Å². The average Bonchev–Trinajstić information content (AvgIpc) is 3.31. The Bertz CT molecular complexity index is 1050. The lowest BCUT2D eigenvalue weighted by atomic mass is 10.0. The summed E-state index contributed by atoms with van der Waals surface area (Å²) < 4.78 is 28.2. The largest absolute Gasteiger partial charge is 0.382 e. The molecule has 1 aliphatic heterocycles. The summed E-state index contributed by atoms with van der Waals surface area (Å²) in [4.78, 5) is 8.90. The molecule has 2 aromatic heterocycles. The fourth-order valence-electron chi connectivity index (χ4n) is 4.49. The lowest BCUT2D eigenvalue weighted by molar-refractivity contribution is 0.417. The van der Waals surface area contributed by atoms with Crippen LogP contribution in [0.15, 0.2) is 12.4 Å². The van der Waals surface area contributed by atoms with Gasteiger partial charge in [-0.05, 0) is 45.4 Å². The molecule has 164 valence electrons. The minimum atomic E-state index is -3.31. The van der Waals surface area contributed by atoms with Gasteiger partial charge in [-0.25, -0.2) is 17.7 Å². The number of nitrogens with one attached hydrogen (secondary N) is 1. The number of nitrogen functional groups attached to an aromatic ring is 1. The van der Waals surface area contributed by atoms with E-state index in [4.69, 9.17) is 17.3 Å². The summed E-state index contributed by atoms with van der Waals surface area (Å²) >= 11 is 6.47. The van der Waals surface area contributed by atoms with Gasteiger partial charge >= 0.3 is 0 Å². The minimum Gasteiger partial charge on any atom is -0.382 e. The molecule has 3 heterocycles. The number of anilines is 3. The summed E-state index contributed by atoms with van der Waals surface area (Å²) in [7, 11) is -1.48. The standard InChI is InChI=1S/C19H28ClN7O2S/c1-19(2,3)30(28,29)27-8-12-5-11(6-13(12)9-27)16-15(20)17(21)25-18(24-16)23-14-7-22-26(4)10-14/h7,10-13H,5-6,8-9H2,1-4H3,(H3,21,23,24,25). The Balaban J connectivity index is 1.52. The van der Waals surface area contributed by atoms with Crippen molar-refractivity contribution in [2.24, 2.45) is 18.9 Å². The van der Waals surface area contributed by atoms with Crippen molar-refractivity contribution in [3.05, 3.63) is 23.1 Å². The SMILES string of the molecule is Cn1cc(Nc2nc(N)c(Cl)c(C3CC4CN(S(=O)(=O)C(C)(C)C)CC4C3)n2)cn1. The molecule has 30 heavy (non-hydrogen) atoms. The zero-order chi connectivity index (χ0) is 21.8. The fraction of sp³-hybridized carbons (Fsp3) is 0.632. The summed E-state index contributed by atoms with van der Waals surface area (Å²) in [5.74, 6) is 1.35. The normalized spacial score (nSPS) is 24.9. The quantitative estimate of drug-likeness (QED) is 0.730. The lowest BCUT2D eigenvalue weighted by Gasteiger charge is -2.27. The summed E-state index contributed by atoms with van der Waals surface area (Å²) in [6, 6.07) is 0. The van der Waals surface area contributed by atoms with Gasteiger partial charge in [0.05, 0.1) is 22.3 Å². The first-order chi connectivity index (χ1) is 14.0. The Morgan fingerprint density at radius 2 is 1.83 bits per heavy atom. The molecule has 0 radical (unpaired) electrons. The molecule has 2 aromatic rings. The molecule has 3 N–H and O–H groups in total. The number of nitrogens with two attached hydrogens (primary N) is 1. The molecule has 0 aromatic carbocycles. The Kier molecular flexibility index (Phi) is 5.22. The second kappa shape index (κ2) is 7.35. The van der Waals surface area contributed by atoms with E-state index in [1.807, 2.05) is 13.2 Å². The lowest BCUT2D eigenvalue weighted by Crippen LogP contribution is -2.42. The zero-order valence-corrected chi connectivity index (χ0v) is 19.2. The van der Waals surface area contributed by atoms with Crippen molar-refractivity contribution in [1.29, 1.82) is 0 Å². The van der Waals surface area contributed by atoms with Gasteiger partial charge in [-0.3, -0.25) is 4.68 Å². The molecule has 1 saturated heterocycles. The summed E-state index contributed by atoms with van der Waals surface area (Å²) in [6.45, 7) is 6.36. The van der Waals surface area contributed by atoms with Gasteiger partial charge in [0.1, 0.15) is 10.8 Å². The van der Waals surface area contributed by atoms with Crippen molar-refractivity contribution in [2.75, 3.05) is 24.1 Å². The molecule has 0 spiro atoms. The highest BCUT2D eigenvalue weighted by Crippen LogP contribution is 2.49. The van der Waals surface area contributed by atoms with Crippen molar-refractivity contribution in [3.63, 3.8) is 0 Å². The highest BCUT2D eigenvalue weighted by Gasteiger charge is 2.48. The van der Waals surface area contributed by atoms with Crippen LogP contribution in [-0.2, 0) is 17.1 Å². The number of rotatable bonds is 4. The molecular weight excluding hydrogens is 426 g/mol. The van der Waals surface area contributed by atoms with Crippen LogP contribution >= 0.6 is 11.6 Å². The maximum atomic E-state index is 12.8. The third kappa shape index (κ3) is 3.76. The molecule has 0 bridgehead atoms. The topological polar surface area (TPSA) is 119 Å². The number of hydrogen-bond donors (Lipinski definition) is 2. The zero-order valence-electron chi connectivity index (χ0n) is 17.6. The third-order valence-electron chi connectivity index (χ3n) is 6.08. The molecule has 2 fully saturated rings. The maximum Gasteiger partial charge on any atom is 0.229 e. The smallest absolute Gasteiger partial charge is 0.229 e. The van der Waals surface area contributed by atoms with Crippen LogP contribution in [-0.4, -0.2) is 50.3 Å². The van der Waals surface area contributed by atoms with Gasteiger partial charge in [0.25, 0.3) is 0 Å². The first-order valence-corrected chi connectivity index (χ1v) is 11.9. The van der Waals surface area contributed by atoms with Crippen LogP contribution in [0.4, 0.5) is 17.5 Å². The van der Waals surface area contributed by atoms with Crippen LogP contribution in [0.5, 0.6) is 0 Å². The van der Waals surface area contributed by atoms with Gasteiger partial charge in [0, 0.05) is 32.3 Å². The number of hydrogen-bond acceptors (Lipinski definition) is 7. The molecule has 9 nitrogen and oxygen atoms in total. The van der Waals surface area contributed by atoms with E-state index >= 15 is 0 Å². The number of halogens is 1.